The van der Waals surface area contributed by atoms with E-state index in [1.807, 2.05) is 48.5 Å². The lowest BCUT2D eigenvalue weighted by Crippen LogP contribution is -2.25. The molecule has 1 heterocycles. The molecular formula is C24H19FN4O2S. The third kappa shape index (κ3) is 4.92. The Morgan fingerprint density at radius 3 is 2.25 bits per heavy atom. The predicted octanol–water partition coefficient (Wildman–Crippen LogP) is 4.31. The first-order chi connectivity index (χ1) is 15.6. The molecule has 0 atom stereocenters. The molecule has 1 amide bonds. The van der Waals surface area contributed by atoms with Gasteiger partial charge in [0.2, 0.25) is 0 Å². The zero-order valence-corrected chi connectivity index (χ0v) is 17.8. The summed E-state index contributed by atoms with van der Waals surface area (Å²) in [5, 5.41) is 11.6. The van der Waals surface area contributed by atoms with Crippen molar-refractivity contribution in [3.8, 4) is 5.69 Å². The minimum atomic E-state index is -0.592. The van der Waals surface area contributed by atoms with Crippen LogP contribution < -0.4 is 5.32 Å². The van der Waals surface area contributed by atoms with Gasteiger partial charge in [-0.25, -0.2) is 4.39 Å². The van der Waals surface area contributed by atoms with Crippen LogP contribution in [-0.2, 0) is 6.54 Å². The van der Waals surface area contributed by atoms with Crippen LogP contribution in [0.5, 0.6) is 0 Å². The van der Waals surface area contributed by atoms with Crippen LogP contribution in [0.1, 0.15) is 26.5 Å². The van der Waals surface area contributed by atoms with Crippen LogP contribution in [-0.4, -0.2) is 32.2 Å². The number of nitrogens with zero attached hydrogens (tertiary/aromatic N) is 3. The molecule has 6 nitrogen and oxygen atoms in total. The maximum atomic E-state index is 13.9. The standard InChI is InChI=1S/C24H19FN4O2S/c25-20-14-8-7-13-19(20)23(31)26-15-22-27-28-24(29(22)18-11-5-2-6-12-18)32-16-21(30)17-9-3-1-4-10-17/h1-14H,15-16H2,(H,26,31). The summed E-state index contributed by atoms with van der Waals surface area (Å²) >= 11 is 1.27. The largest absolute Gasteiger partial charge is 0.345 e. The molecule has 8 heteroatoms. The molecule has 0 aliphatic heterocycles. The number of carbonyl (C=O) groups is 2. The molecule has 160 valence electrons. The highest BCUT2D eigenvalue weighted by Gasteiger charge is 2.18. The van der Waals surface area contributed by atoms with Gasteiger partial charge in [0.05, 0.1) is 17.9 Å². The van der Waals surface area contributed by atoms with Gasteiger partial charge in [-0.15, -0.1) is 10.2 Å². The maximum absolute atomic E-state index is 13.9. The van der Waals surface area contributed by atoms with Crippen molar-refractivity contribution >= 4 is 23.5 Å². The molecule has 32 heavy (non-hydrogen) atoms. The fraction of sp³-hybridized carbons (Fsp3) is 0.0833. The van der Waals surface area contributed by atoms with Crippen LogP contribution in [0.3, 0.4) is 0 Å². The van der Waals surface area contributed by atoms with E-state index in [9.17, 15) is 14.0 Å². The summed E-state index contributed by atoms with van der Waals surface area (Å²) in [6, 6.07) is 24.2. The van der Waals surface area contributed by atoms with Crippen molar-refractivity contribution in [3.63, 3.8) is 0 Å². The van der Waals surface area contributed by atoms with Gasteiger partial charge in [0.25, 0.3) is 5.91 Å². The minimum Gasteiger partial charge on any atom is -0.345 e. The maximum Gasteiger partial charge on any atom is 0.254 e. The topological polar surface area (TPSA) is 76.9 Å². The number of para-hydroxylation sites is 1. The van der Waals surface area contributed by atoms with Crippen molar-refractivity contribution < 1.29 is 14.0 Å². The summed E-state index contributed by atoms with van der Waals surface area (Å²) in [5.41, 5.74) is 1.38. The van der Waals surface area contributed by atoms with Crippen molar-refractivity contribution in [1.82, 2.24) is 20.1 Å². The van der Waals surface area contributed by atoms with Gasteiger partial charge in [-0.05, 0) is 24.3 Å². The van der Waals surface area contributed by atoms with Crippen LogP contribution in [0.4, 0.5) is 4.39 Å². The van der Waals surface area contributed by atoms with Crippen molar-refractivity contribution in [2.75, 3.05) is 5.75 Å². The van der Waals surface area contributed by atoms with Gasteiger partial charge in [0.15, 0.2) is 16.8 Å². The van der Waals surface area contributed by atoms with Crippen molar-refractivity contribution in [2.24, 2.45) is 0 Å². The Morgan fingerprint density at radius 1 is 0.875 bits per heavy atom. The second-order valence-electron chi connectivity index (χ2n) is 6.81. The Morgan fingerprint density at radius 2 is 1.53 bits per heavy atom. The zero-order chi connectivity index (χ0) is 22.3. The average molecular weight is 447 g/mol. The lowest BCUT2D eigenvalue weighted by Gasteiger charge is -2.11. The second-order valence-corrected chi connectivity index (χ2v) is 7.75. The monoisotopic (exact) mass is 446 g/mol. The smallest absolute Gasteiger partial charge is 0.254 e. The van der Waals surface area contributed by atoms with Crippen molar-refractivity contribution in [3.05, 3.63) is 108 Å². The number of thioether (sulfide) groups is 1. The zero-order valence-electron chi connectivity index (χ0n) is 16.9. The molecule has 0 spiro atoms. The average Bonchev–Trinajstić information content (AvgIpc) is 3.25. The number of Topliss-reactive ketones (excluding diaryl/α,β-unsaturated/α-hetero) is 1. The number of amides is 1. The molecule has 0 saturated carbocycles. The van der Waals surface area contributed by atoms with Gasteiger partial charge in [-0.2, -0.15) is 0 Å². The van der Waals surface area contributed by atoms with E-state index in [4.69, 9.17) is 0 Å². The van der Waals surface area contributed by atoms with E-state index in [-0.39, 0.29) is 23.6 Å². The molecule has 4 aromatic rings. The molecule has 0 aliphatic carbocycles. The van der Waals surface area contributed by atoms with Gasteiger partial charge in [0, 0.05) is 11.3 Å². The number of ketones is 1. The van der Waals surface area contributed by atoms with Crippen molar-refractivity contribution in [1.29, 1.82) is 0 Å². The fourth-order valence-corrected chi connectivity index (χ4v) is 3.95. The number of benzene rings is 3. The number of halogens is 1. The highest BCUT2D eigenvalue weighted by atomic mass is 32.2. The number of aromatic nitrogens is 3. The lowest BCUT2D eigenvalue weighted by atomic mass is 10.2. The minimum absolute atomic E-state index is 0.0207. The highest BCUT2D eigenvalue weighted by molar-refractivity contribution is 7.99. The molecule has 0 bridgehead atoms. The van der Waals surface area contributed by atoms with Gasteiger partial charge >= 0.3 is 0 Å². The number of hydrogen-bond acceptors (Lipinski definition) is 5. The van der Waals surface area contributed by atoms with E-state index in [0.717, 1.165) is 5.69 Å². The summed E-state index contributed by atoms with van der Waals surface area (Å²) < 4.78 is 15.7. The van der Waals surface area contributed by atoms with E-state index in [1.165, 1.54) is 30.0 Å². The fourth-order valence-electron chi connectivity index (χ4n) is 3.08. The van der Waals surface area contributed by atoms with E-state index in [1.54, 1.807) is 22.8 Å². The predicted molar refractivity (Wildman–Crippen MR) is 120 cm³/mol. The number of hydrogen-bond donors (Lipinski definition) is 1. The number of nitrogens with one attached hydrogen (secondary N) is 1. The molecule has 0 aliphatic rings. The number of rotatable bonds is 8. The Balaban J connectivity index is 1.54. The van der Waals surface area contributed by atoms with Gasteiger partial charge in [-0.3, -0.25) is 14.2 Å². The third-order valence-corrected chi connectivity index (χ3v) is 5.60. The molecule has 3 aromatic carbocycles. The van der Waals surface area contributed by atoms with Crippen LogP contribution in [0.2, 0.25) is 0 Å². The summed E-state index contributed by atoms with van der Waals surface area (Å²) in [7, 11) is 0. The molecule has 1 N–H and O–H groups in total. The normalized spacial score (nSPS) is 10.7. The van der Waals surface area contributed by atoms with Crippen LogP contribution >= 0.6 is 11.8 Å². The molecule has 0 radical (unpaired) electrons. The quantitative estimate of drug-likeness (QED) is 0.322. The SMILES string of the molecule is O=C(CSc1nnc(CNC(=O)c2ccccc2F)n1-c1ccccc1)c1ccccc1. The van der Waals surface area contributed by atoms with Crippen LogP contribution in [0.25, 0.3) is 5.69 Å². The first-order valence-corrected chi connectivity index (χ1v) is 10.9. The van der Waals surface area contributed by atoms with Crippen LogP contribution in [0.15, 0.2) is 90.1 Å². The second kappa shape index (κ2) is 10.0. The molecular weight excluding hydrogens is 427 g/mol. The molecule has 0 saturated heterocycles. The first kappa shape index (κ1) is 21.5. The van der Waals surface area contributed by atoms with E-state index < -0.39 is 11.7 Å². The first-order valence-electron chi connectivity index (χ1n) is 9.87. The van der Waals surface area contributed by atoms with E-state index in [2.05, 4.69) is 15.5 Å². The van der Waals surface area contributed by atoms with Crippen molar-refractivity contribution in [2.45, 2.75) is 11.7 Å². The molecule has 4 rings (SSSR count). The molecule has 0 fully saturated rings. The Hall–Kier alpha value is -3.78. The molecule has 1 aromatic heterocycles. The highest BCUT2D eigenvalue weighted by Crippen LogP contribution is 2.23. The third-order valence-electron chi connectivity index (χ3n) is 4.67. The number of carbonyl (C=O) groups excluding carboxylic acids is 2. The van der Waals surface area contributed by atoms with Gasteiger partial charge < -0.3 is 5.32 Å². The van der Waals surface area contributed by atoms with Crippen LogP contribution in [0, 0.1) is 5.82 Å². The molecule has 0 unspecified atom stereocenters. The Labute approximate surface area is 188 Å². The Bertz CT molecular complexity index is 1230. The lowest BCUT2D eigenvalue weighted by molar-refractivity contribution is 0.0944. The van der Waals surface area contributed by atoms with E-state index >= 15 is 0 Å². The van der Waals surface area contributed by atoms with E-state index in [0.29, 0.717) is 16.5 Å². The summed E-state index contributed by atoms with van der Waals surface area (Å²) in [5.74, 6) is -0.496. The summed E-state index contributed by atoms with van der Waals surface area (Å²) in [6.45, 7) is 0.0439. The summed E-state index contributed by atoms with van der Waals surface area (Å²) in [6.07, 6.45) is 0. The Kier molecular flexibility index (Phi) is 6.72. The van der Waals surface area contributed by atoms with Gasteiger partial charge in [-0.1, -0.05) is 72.4 Å². The van der Waals surface area contributed by atoms with Gasteiger partial charge in [0.1, 0.15) is 5.82 Å². The summed E-state index contributed by atoms with van der Waals surface area (Å²) in [4.78, 5) is 24.9.